The Balaban J connectivity index is 0.000000278. The van der Waals surface area contributed by atoms with Gasteiger partial charge in [-0.3, -0.25) is 9.69 Å². The summed E-state index contributed by atoms with van der Waals surface area (Å²) in [5, 5.41) is 23.0. The highest BCUT2D eigenvalue weighted by atomic mass is 32.2. The van der Waals surface area contributed by atoms with E-state index in [9.17, 15) is 9.90 Å². The van der Waals surface area contributed by atoms with E-state index in [1.54, 1.807) is 11.8 Å². The third-order valence-corrected chi connectivity index (χ3v) is 5.69. The number of nitrogens with zero attached hydrogens (tertiary/aromatic N) is 1. The normalized spacial score (nSPS) is 21.8. The van der Waals surface area contributed by atoms with Crippen molar-refractivity contribution >= 4 is 23.4 Å². The van der Waals surface area contributed by atoms with E-state index >= 15 is 0 Å². The van der Waals surface area contributed by atoms with E-state index in [4.69, 9.17) is 0 Å². The van der Waals surface area contributed by atoms with E-state index in [1.807, 2.05) is 18.2 Å². The highest BCUT2D eigenvalue weighted by molar-refractivity contribution is 8.00. The fourth-order valence-electron chi connectivity index (χ4n) is 3.16. The topological polar surface area (TPSA) is 88.7 Å². The van der Waals surface area contributed by atoms with Gasteiger partial charge in [0.05, 0.1) is 17.5 Å². The monoisotopic (exact) mass is 379 g/mol. The largest absolute Gasteiger partial charge is 0.387 e. The number of benzene rings is 1. The summed E-state index contributed by atoms with van der Waals surface area (Å²) in [6, 6.07) is 5.83. The van der Waals surface area contributed by atoms with Crippen LogP contribution in [0.4, 0.5) is 5.69 Å². The molecule has 0 spiro atoms. The van der Waals surface area contributed by atoms with E-state index in [0.29, 0.717) is 12.3 Å². The molecular weight excluding hydrogens is 350 g/mol. The van der Waals surface area contributed by atoms with E-state index in [2.05, 4.69) is 26.2 Å². The summed E-state index contributed by atoms with van der Waals surface area (Å²) < 4.78 is 0. The van der Waals surface area contributed by atoms with E-state index in [-0.39, 0.29) is 5.91 Å². The SMILES string of the molecule is C1CNCCN1.O=C1CSc2ccc(C(O)CN3CCNCC3)cc2N1. The first-order valence-electron chi connectivity index (χ1n) is 9.31. The number of fused-ring (bicyclic) bond motifs is 1. The molecule has 26 heavy (non-hydrogen) atoms. The van der Waals surface area contributed by atoms with Crippen LogP contribution >= 0.6 is 11.8 Å². The van der Waals surface area contributed by atoms with Gasteiger partial charge in [-0.2, -0.15) is 0 Å². The number of carbonyl (C=O) groups excluding carboxylic acids is 1. The molecule has 0 saturated carbocycles. The van der Waals surface area contributed by atoms with Crippen LogP contribution in [-0.4, -0.2) is 80.6 Å². The van der Waals surface area contributed by atoms with Crippen LogP contribution in [0.5, 0.6) is 0 Å². The summed E-state index contributed by atoms with van der Waals surface area (Å²) in [6.45, 7) is 9.08. The van der Waals surface area contributed by atoms with Crippen molar-refractivity contribution in [1.29, 1.82) is 0 Å². The van der Waals surface area contributed by atoms with Crippen LogP contribution in [0.15, 0.2) is 23.1 Å². The van der Waals surface area contributed by atoms with Gasteiger partial charge >= 0.3 is 0 Å². The quantitative estimate of drug-likeness (QED) is 0.499. The summed E-state index contributed by atoms with van der Waals surface area (Å²) in [5.74, 6) is 0.492. The predicted octanol–water partition coefficient (Wildman–Crippen LogP) is -0.151. The van der Waals surface area contributed by atoms with Crippen LogP contribution < -0.4 is 21.3 Å². The molecule has 3 heterocycles. The standard InChI is InChI=1S/C14H19N3O2S.C4H10N2/c18-12(8-17-5-3-15-4-6-17)10-1-2-13-11(7-10)16-14(19)9-20-13;1-2-6-4-3-5-1/h1-2,7,12,15,18H,3-6,8-9H2,(H,16,19);5-6H,1-4H2. The van der Waals surface area contributed by atoms with E-state index in [1.165, 1.54) is 0 Å². The number of piperazine rings is 2. The smallest absolute Gasteiger partial charge is 0.234 e. The molecule has 1 amide bonds. The zero-order valence-electron chi connectivity index (χ0n) is 15.1. The predicted molar refractivity (Wildman–Crippen MR) is 106 cm³/mol. The van der Waals surface area contributed by atoms with Crippen molar-refractivity contribution in [3.63, 3.8) is 0 Å². The van der Waals surface area contributed by atoms with Gasteiger partial charge in [0, 0.05) is 63.8 Å². The minimum absolute atomic E-state index is 0.0243. The maximum atomic E-state index is 11.4. The highest BCUT2D eigenvalue weighted by Crippen LogP contribution is 2.33. The van der Waals surface area contributed by atoms with E-state index < -0.39 is 6.10 Å². The maximum absolute atomic E-state index is 11.4. The number of hydrogen-bond donors (Lipinski definition) is 5. The third kappa shape index (κ3) is 5.94. The van der Waals surface area contributed by atoms with Gasteiger partial charge in [0.2, 0.25) is 5.91 Å². The molecule has 7 nitrogen and oxygen atoms in total. The molecule has 0 bridgehead atoms. The van der Waals surface area contributed by atoms with Crippen LogP contribution in [0.2, 0.25) is 0 Å². The molecule has 4 rings (SSSR count). The summed E-state index contributed by atoms with van der Waals surface area (Å²) in [7, 11) is 0. The van der Waals surface area contributed by atoms with Gasteiger partial charge in [0.1, 0.15) is 0 Å². The Morgan fingerprint density at radius 3 is 2.35 bits per heavy atom. The minimum Gasteiger partial charge on any atom is -0.387 e. The maximum Gasteiger partial charge on any atom is 0.234 e. The fourth-order valence-corrected chi connectivity index (χ4v) is 3.94. The van der Waals surface area contributed by atoms with E-state index in [0.717, 1.165) is 68.5 Å². The summed E-state index contributed by atoms with van der Waals surface area (Å²) in [5.41, 5.74) is 1.69. The fraction of sp³-hybridized carbons (Fsp3) is 0.611. The number of aliphatic hydroxyl groups is 1. The van der Waals surface area contributed by atoms with Crippen molar-refractivity contribution in [2.45, 2.75) is 11.0 Å². The van der Waals surface area contributed by atoms with Crippen molar-refractivity contribution in [3.05, 3.63) is 23.8 Å². The second-order valence-corrected chi connectivity index (χ2v) is 7.68. The van der Waals surface area contributed by atoms with Gasteiger partial charge in [-0.15, -0.1) is 11.8 Å². The molecule has 8 heteroatoms. The molecule has 0 radical (unpaired) electrons. The number of nitrogens with one attached hydrogen (secondary N) is 4. The number of thioether (sulfide) groups is 1. The summed E-state index contributed by atoms with van der Waals surface area (Å²) in [6.07, 6.45) is -0.512. The molecule has 0 aliphatic carbocycles. The van der Waals surface area contributed by atoms with Gasteiger partial charge in [-0.25, -0.2) is 0 Å². The molecule has 1 aromatic rings. The lowest BCUT2D eigenvalue weighted by Crippen LogP contribution is -2.44. The third-order valence-electron chi connectivity index (χ3n) is 4.62. The molecule has 1 atom stereocenters. The summed E-state index contributed by atoms with van der Waals surface area (Å²) in [4.78, 5) is 14.7. The highest BCUT2D eigenvalue weighted by Gasteiger charge is 2.19. The van der Waals surface area contributed by atoms with Crippen molar-refractivity contribution < 1.29 is 9.90 Å². The summed E-state index contributed by atoms with van der Waals surface area (Å²) >= 11 is 1.54. The second-order valence-electron chi connectivity index (χ2n) is 6.66. The van der Waals surface area contributed by atoms with Crippen LogP contribution in [-0.2, 0) is 4.79 Å². The Kier molecular flexibility index (Phi) is 7.72. The van der Waals surface area contributed by atoms with Crippen LogP contribution in [0.3, 0.4) is 0 Å². The Morgan fingerprint density at radius 1 is 1.04 bits per heavy atom. The number of β-amino-alcohol motifs (C(OH)–C–C–N with tert-alkyl or cyclic N) is 1. The molecule has 3 aliphatic rings. The van der Waals surface area contributed by atoms with Gasteiger partial charge in [0.15, 0.2) is 0 Å². The molecule has 2 fully saturated rings. The van der Waals surface area contributed by atoms with Crippen molar-refractivity contribution in [2.75, 3.05) is 70.0 Å². The molecule has 5 N–H and O–H groups in total. The first-order valence-corrected chi connectivity index (χ1v) is 10.3. The van der Waals surface area contributed by atoms with Gasteiger partial charge < -0.3 is 26.4 Å². The molecule has 1 aromatic carbocycles. The first kappa shape index (κ1) is 19.6. The first-order chi connectivity index (χ1) is 12.7. The van der Waals surface area contributed by atoms with Gasteiger partial charge in [0.25, 0.3) is 0 Å². The number of rotatable bonds is 3. The number of anilines is 1. The molecule has 1 unspecified atom stereocenters. The number of aliphatic hydroxyl groups excluding tert-OH is 1. The second kappa shape index (κ2) is 10.2. The lowest BCUT2D eigenvalue weighted by molar-refractivity contribution is -0.113. The number of carbonyl (C=O) groups is 1. The average Bonchev–Trinajstić information content (AvgIpc) is 2.70. The van der Waals surface area contributed by atoms with Crippen LogP contribution in [0.25, 0.3) is 0 Å². The Morgan fingerprint density at radius 2 is 1.69 bits per heavy atom. The lowest BCUT2D eigenvalue weighted by atomic mass is 10.1. The zero-order valence-corrected chi connectivity index (χ0v) is 15.9. The molecular formula is C18H29N5O2S. The molecule has 144 valence electrons. The molecule has 2 saturated heterocycles. The van der Waals surface area contributed by atoms with Crippen molar-refractivity contribution in [2.24, 2.45) is 0 Å². The molecule has 0 aromatic heterocycles. The average molecular weight is 380 g/mol. The Hall–Kier alpha value is -1.16. The van der Waals surface area contributed by atoms with Crippen LogP contribution in [0.1, 0.15) is 11.7 Å². The Labute approximate surface area is 159 Å². The van der Waals surface area contributed by atoms with Crippen LogP contribution in [0, 0.1) is 0 Å². The minimum atomic E-state index is -0.512. The van der Waals surface area contributed by atoms with Gasteiger partial charge in [-0.05, 0) is 17.7 Å². The molecule has 3 aliphatic heterocycles. The number of amides is 1. The Bertz CT molecular complexity index is 579. The zero-order chi connectivity index (χ0) is 18.2. The van der Waals surface area contributed by atoms with Gasteiger partial charge in [-0.1, -0.05) is 6.07 Å². The number of hydrogen-bond acceptors (Lipinski definition) is 7. The van der Waals surface area contributed by atoms with Crippen molar-refractivity contribution in [3.8, 4) is 0 Å². The van der Waals surface area contributed by atoms with Crippen molar-refractivity contribution in [1.82, 2.24) is 20.9 Å². The lowest BCUT2D eigenvalue weighted by Gasteiger charge is -2.29.